The first kappa shape index (κ1) is 17.2. The molecule has 1 aromatic carbocycles. The third kappa shape index (κ3) is 3.89. The molecular weight excluding hydrogens is 318 g/mol. The number of nitrogens with one attached hydrogen (secondary N) is 1. The lowest BCUT2D eigenvalue weighted by Gasteiger charge is -2.34. The quantitative estimate of drug-likeness (QED) is 0.854. The van der Waals surface area contributed by atoms with Crippen molar-refractivity contribution in [1.29, 1.82) is 0 Å². The molecule has 1 saturated carbocycles. The zero-order valence-electron chi connectivity index (χ0n) is 14.6. The molecule has 1 fully saturated rings. The summed E-state index contributed by atoms with van der Waals surface area (Å²) < 4.78 is 0. The van der Waals surface area contributed by atoms with E-state index in [1.54, 1.807) is 0 Å². The van der Waals surface area contributed by atoms with Gasteiger partial charge in [0.15, 0.2) is 0 Å². The molecule has 3 atom stereocenters. The van der Waals surface area contributed by atoms with Gasteiger partial charge in [0.2, 0.25) is 5.91 Å². The molecule has 3 unspecified atom stereocenters. The molecule has 0 radical (unpaired) electrons. The van der Waals surface area contributed by atoms with Crippen molar-refractivity contribution in [3.8, 4) is 0 Å². The highest BCUT2D eigenvalue weighted by Gasteiger charge is 2.28. The van der Waals surface area contributed by atoms with E-state index in [1.807, 2.05) is 31.2 Å². The van der Waals surface area contributed by atoms with Crippen LogP contribution in [0.3, 0.4) is 0 Å². The van der Waals surface area contributed by atoms with Crippen LogP contribution < -0.4 is 5.32 Å². The molecule has 1 aliphatic carbocycles. The Morgan fingerprint density at radius 1 is 1.21 bits per heavy atom. The molecule has 3 rings (SSSR count). The number of benzene rings is 1. The second-order valence-corrected chi connectivity index (χ2v) is 7.80. The third-order valence-corrected chi connectivity index (χ3v) is 6.16. The van der Waals surface area contributed by atoms with Crippen molar-refractivity contribution in [2.75, 3.05) is 5.75 Å². The maximum absolute atomic E-state index is 12.3. The number of fused-ring (bicyclic) bond motifs is 1. The summed E-state index contributed by atoms with van der Waals surface area (Å²) in [5.74, 6) is 1.73. The minimum atomic E-state index is 0.0975. The Bertz CT molecular complexity index is 734. The largest absolute Gasteiger partial charge is 0.352 e. The SMILES string of the molecule is Cc1nc2ccccc2nc1SCC(=O)NC1CCCC(C)C1C. The first-order chi connectivity index (χ1) is 11.5. The van der Waals surface area contributed by atoms with Crippen molar-refractivity contribution >= 4 is 28.7 Å². The Morgan fingerprint density at radius 3 is 2.67 bits per heavy atom. The van der Waals surface area contributed by atoms with Crippen LogP contribution in [-0.2, 0) is 4.79 Å². The molecular formula is C19H25N3OS. The van der Waals surface area contributed by atoms with Crippen molar-refractivity contribution < 1.29 is 4.79 Å². The fraction of sp³-hybridized carbons (Fsp3) is 0.526. The lowest BCUT2D eigenvalue weighted by molar-refractivity contribution is -0.119. The highest BCUT2D eigenvalue weighted by molar-refractivity contribution is 7.99. The predicted molar refractivity (Wildman–Crippen MR) is 99.1 cm³/mol. The Hall–Kier alpha value is -1.62. The average molecular weight is 343 g/mol. The standard InChI is InChI=1S/C19H25N3OS/c1-12-7-6-10-15(13(12)2)21-18(23)11-24-19-14(3)20-16-8-4-5-9-17(16)22-19/h4-5,8-9,12-13,15H,6-7,10-11H2,1-3H3,(H,21,23). The van der Waals surface area contributed by atoms with E-state index in [-0.39, 0.29) is 5.91 Å². The van der Waals surface area contributed by atoms with Gasteiger partial charge in [0, 0.05) is 6.04 Å². The van der Waals surface area contributed by atoms with Crippen LogP contribution in [-0.4, -0.2) is 27.7 Å². The molecule has 24 heavy (non-hydrogen) atoms. The summed E-state index contributed by atoms with van der Waals surface area (Å²) in [7, 11) is 0. The van der Waals surface area contributed by atoms with E-state index in [0.717, 1.165) is 28.2 Å². The maximum atomic E-state index is 12.3. The first-order valence-electron chi connectivity index (χ1n) is 8.70. The van der Waals surface area contributed by atoms with E-state index in [9.17, 15) is 4.79 Å². The topological polar surface area (TPSA) is 54.9 Å². The van der Waals surface area contributed by atoms with Crippen molar-refractivity contribution in [1.82, 2.24) is 15.3 Å². The van der Waals surface area contributed by atoms with Gasteiger partial charge >= 0.3 is 0 Å². The smallest absolute Gasteiger partial charge is 0.230 e. The second-order valence-electron chi connectivity index (χ2n) is 6.83. The van der Waals surface area contributed by atoms with Gasteiger partial charge in [-0.1, -0.05) is 50.6 Å². The van der Waals surface area contributed by atoms with E-state index in [4.69, 9.17) is 0 Å². The third-order valence-electron chi connectivity index (χ3n) is 5.09. The molecule has 0 spiro atoms. The van der Waals surface area contributed by atoms with E-state index >= 15 is 0 Å². The first-order valence-corrected chi connectivity index (χ1v) is 9.68. The average Bonchev–Trinajstić information content (AvgIpc) is 2.57. The van der Waals surface area contributed by atoms with Crippen LogP contribution in [0.1, 0.15) is 38.8 Å². The van der Waals surface area contributed by atoms with Crippen LogP contribution in [0, 0.1) is 18.8 Å². The Kier molecular flexibility index (Phi) is 5.39. The number of carbonyl (C=O) groups is 1. The monoisotopic (exact) mass is 343 g/mol. The van der Waals surface area contributed by atoms with Crippen molar-refractivity contribution in [3.63, 3.8) is 0 Å². The van der Waals surface area contributed by atoms with Crippen LogP contribution in [0.25, 0.3) is 11.0 Å². The molecule has 1 aromatic heterocycles. The van der Waals surface area contributed by atoms with Gasteiger partial charge in [-0.05, 0) is 37.3 Å². The fourth-order valence-electron chi connectivity index (χ4n) is 3.38. The fourth-order valence-corrected chi connectivity index (χ4v) is 4.15. The highest BCUT2D eigenvalue weighted by atomic mass is 32.2. The van der Waals surface area contributed by atoms with Crippen LogP contribution in [0.5, 0.6) is 0 Å². The van der Waals surface area contributed by atoms with Gasteiger partial charge in [0.25, 0.3) is 0 Å². The molecule has 0 aliphatic heterocycles. The van der Waals surface area contributed by atoms with Gasteiger partial charge in [0.1, 0.15) is 5.03 Å². The molecule has 2 aromatic rings. The summed E-state index contributed by atoms with van der Waals surface area (Å²) in [5, 5.41) is 4.06. The lowest BCUT2D eigenvalue weighted by Crippen LogP contribution is -2.44. The molecule has 1 amide bonds. The van der Waals surface area contributed by atoms with Gasteiger partial charge in [0.05, 0.1) is 22.5 Å². The number of carbonyl (C=O) groups excluding carboxylic acids is 1. The van der Waals surface area contributed by atoms with Crippen LogP contribution >= 0.6 is 11.8 Å². The molecule has 5 heteroatoms. The lowest BCUT2D eigenvalue weighted by atomic mass is 9.78. The van der Waals surface area contributed by atoms with Gasteiger partial charge in [-0.3, -0.25) is 4.79 Å². The van der Waals surface area contributed by atoms with E-state index in [2.05, 4.69) is 29.1 Å². The number of rotatable bonds is 4. The van der Waals surface area contributed by atoms with Gasteiger partial charge in [-0.2, -0.15) is 0 Å². The second kappa shape index (κ2) is 7.51. The Balaban J connectivity index is 1.61. The molecule has 1 N–H and O–H groups in total. The molecule has 1 aliphatic rings. The number of hydrogen-bond donors (Lipinski definition) is 1. The molecule has 0 saturated heterocycles. The minimum absolute atomic E-state index is 0.0975. The van der Waals surface area contributed by atoms with Gasteiger partial charge in [-0.25, -0.2) is 9.97 Å². The summed E-state index contributed by atoms with van der Waals surface area (Å²) in [6.07, 6.45) is 3.57. The molecule has 4 nitrogen and oxygen atoms in total. The molecule has 128 valence electrons. The van der Waals surface area contributed by atoms with E-state index in [1.165, 1.54) is 24.6 Å². The number of para-hydroxylation sites is 2. The number of amides is 1. The molecule has 0 bridgehead atoms. The summed E-state index contributed by atoms with van der Waals surface area (Å²) in [6, 6.07) is 8.15. The molecule has 1 heterocycles. The summed E-state index contributed by atoms with van der Waals surface area (Å²) in [4.78, 5) is 21.5. The normalized spacial score (nSPS) is 24.0. The predicted octanol–water partition coefficient (Wildman–Crippen LogP) is 3.97. The Morgan fingerprint density at radius 2 is 1.92 bits per heavy atom. The Labute approximate surface area is 147 Å². The van der Waals surface area contributed by atoms with E-state index < -0.39 is 0 Å². The summed E-state index contributed by atoms with van der Waals surface area (Å²) in [6.45, 7) is 6.48. The van der Waals surface area contributed by atoms with Crippen LogP contribution in [0.15, 0.2) is 29.3 Å². The number of thioether (sulfide) groups is 1. The van der Waals surface area contributed by atoms with Gasteiger partial charge in [-0.15, -0.1) is 0 Å². The van der Waals surface area contributed by atoms with Crippen LogP contribution in [0.4, 0.5) is 0 Å². The number of aryl methyl sites for hydroxylation is 1. The summed E-state index contributed by atoms with van der Waals surface area (Å²) >= 11 is 1.47. The number of hydrogen-bond acceptors (Lipinski definition) is 4. The van der Waals surface area contributed by atoms with E-state index in [0.29, 0.717) is 23.6 Å². The van der Waals surface area contributed by atoms with Crippen LogP contribution in [0.2, 0.25) is 0 Å². The highest BCUT2D eigenvalue weighted by Crippen LogP contribution is 2.29. The zero-order valence-corrected chi connectivity index (χ0v) is 15.4. The minimum Gasteiger partial charge on any atom is -0.352 e. The van der Waals surface area contributed by atoms with Crippen molar-refractivity contribution in [2.45, 2.75) is 51.1 Å². The number of aromatic nitrogens is 2. The van der Waals surface area contributed by atoms with Crippen molar-refractivity contribution in [2.24, 2.45) is 11.8 Å². The maximum Gasteiger partial charge on any atom is 0.230 e. The van der Waals surface area contributed by atoms with Crippen molar-refractivity contribution in [3.05, 3.63) is 30.0 Å². The number of nitrogens with zero attached hydrogens (tertiary/aromatic N) is 2. The zero-order chi connectivity index (χ0) is 17.1. The van der Waals surface area contributed by atoms with Gasteiger partial charge < -0.3 is 5.32 Å². The summed E-state index contributed by atoms with van der Waals surface area (Å²) in [5.41, 5.74) is 2.65.